The van der Waals surface area contributed by atoms with Crippen molar-refractivity contribution in [3.8, 4) is 0 Å². The SMILES string of the molecule is O=C(O)CN(CCN(CC(=O)O)CC(O)O)CC(=O)O. The third-order valence-electron chi connectivity index (χ3n) is 2.23. The summed E-state index contributed by atoms with van der Waals surface area (Å²) < 4.78 is 0. The van der Waals surface area contributed by atoms with E-state index in [1.807, 2.05) is 0 Å². The molecule has 0 aliphatic heterocycles. The maximum absolute atomic E-state index is 10.6. The zero-order valence-corrected chi connectivity index (χ0v) is 10.7. The van der Waals surface area contributed by atoms with Gasteiger partial charge in [0.2, 0.25) is 0 Å². The molecule has 0 aliphatic rings. The lowest BCUT2D eigenvalue weighted by molar-refractivity contribution is -0.144. The molecular formula is C10H18N2O8. The Labute approximate surface area is 114 Å². The van der Waals surface area contributed by atoms with Crippen molar-refractivity contribution in [1.82, 2.24) is 9.80 Å². The molecule has 20 heavy (non-hydrogen) atoms. The van der Waals surface area contributed by atoms with Crippen molar-refractivity contribution in [3.63, 3.8) is 0 Å². The van der Waals surface area contributed by atoms with Crippen molar-refractivity contribution in [3.05, 3.63) is 0 Å². The van der Waals surface area contributed by atoms with Gasteiger partial charge in [-0.2, -0.15) is 0 Å². The zero-order valence-electron chi connectivity index (χ0n) is 10.7. The van der Waals surface area contributed by atoms with Gasteiger partial charge in [0.1, 0.15) is 0 Å². The van der Waals surface area contributed by atoms with Gasteiger partial charge < -0.3 is 25.5 Å². The van der Waals surface area contributed by atoms with E-state index in [0.29, 0.717) is 0 Å². The molecule has 0 aromatic rings. The first kappa shape index (κ1) is 18.2. The summed E-state index contributed by atoms with van der Waals surface area (Å²) in [5.41, 5.74) is 0. The molecule has 0 saturated carbocycles. The molecule has 0 aromatic carbocycles. The normalized spacial score (nSPS) is 11.2. The van der Waals surface area contributed by atoms with E-state index in [0.717, 1.165) is 4.90 Å². The lowest BCUT2D eigenvalue weighted by atomic mass is 10.4. The smallest absolute Gasteiger partial charge is 0.317 e. The van der Waals surface area contributed by atoms with E-state index in [9.17, 15) is 14.4 Å². The number of carbonyl (C=O) groups is 3. The average molecular weight is 294 g/mol. The largest absolute Gasteiger partial charge is 0.480 e. The molecule has 116 valence electrons. The van der Waals surface area contributed by atoms with Crippen LogP contribution in [0.15, 0.2) is 0 Å². The van der Waals surface area contributed by atoms with Crippen LogP contribution in [0, 0.1) is 0 Å². The van der Waals surface area contributed by atoms with Gasteiger partial charge >= 0.3 is 17.9 Å². The Morgan fingerprint density at radius 1 is 0.750 bits per heavy atom. The van der Waals surface area contributed by atoms with Gasteiger partial charge in [-0.3, -0.25) is 24.2 Å². The quantitative estimate of drug-likeness (QED) is 0.251. The van der Waals surface area contributed by atoms with Crippen LogP contribution in [0.5, 0.6) is 0 Å². The van der Waals surface area contributed by atoms with Crippen LogP contribution < -0.4 is 0 Å². The van der Waals surface area contributed by atoms with Crippen molar-refractivity contribution >= 4 is 17.9 Å². The Hall–Kier alpha value is -1.75. The van der Waals surface area contributed by atoms with Crippen molar-refractivity contribution in [2.75, 3.05) is 39.3 Å². The summed E-state index contributed by atoms with van der Waals surface area (Å²) in [7, 11) is 0. The van der Waals surface area contributed by atoms with E-state index in [1.165, 1.54) is 4.90 Å². The number of carboxylic acids is 3. The molecular weight excluding hydrogens is 276 g/mol. The van der Waals surface area contributed by atoms with Crippen LogP contribution in [-0.4, -0.2) is 98.8 Å². The highest BCUT2D eigenvalue weighted by molar-refractivity contribution is 5.72. The number of hydrogen-bond acceptors (Lipinski definition) is 7. The molecule has 5 N–H and O–H groups in total. The lowest BCUT2D eigenvalue weighted by Gasteiger charge is -2.25. The molecule has 0 heterocycles. The molecule has 10 heteroatoms. The predicted molar refractivity (Wildman–Crippen MR) is 64.0 cm³/mol. The summed E-state index contributed by atoms with van der Waals surface area (Å²) in [5, 5.41) is 43.5. The molecule has 0 atom stereocenters. The molecule has 0 bridgehead atoms. The van der Waals surface area contributed by atoms with Crippen LogP contribution in [0.3, 0.4) is 0 Å². The molecule has 0 rings (SSSR count). The second kappa shape index (κ2) is 9.20. The third kappa shape index (κ3) is 10.2. The van der Waals surface area contributed by atoms with Crippen LogP contribution in [0.2, 0.25) is 0 Å². The van der Waals surface area contributed by atoms with Crippen molar-refractivity contribution in [2.24, 2.45) is 0 Å². The fourth-order valence-electron chi connectivity index (χ4n) is 1.54. The van der Waals surface area contributed by atoms with E-state index >= 15 is 0 Å². The van der Waals surface area contributed by atoms with E-state index in [4.69, 9.17) is 25.5 Å². The Kier molecular flexibility index (Phi) is 8.40. The highest BCUT2D eigenvalue weighted by Crippen LogP contribution is 1.95. The second-order valence-electron chi connectivity index (χ2n) is 4.11. The molecule has 10 nitrogen and oxygen atoms in total. The number of aliphatic carboxylic acids is 3. The third-order valence-corrected chi connectivity index (χ3v) is 2.23. The van der Waals surface area contributed by atoms with Crippen molar-refractivity contribution in [2.45, 2.75) is 6.29 Å². The fourth-order valence-corrected chi connectivity index (χ4v) is 1.54. The first-order valence-electron chi connectivity index (χ1n) is 5.67. The minimum absolute atomic E-state index is 0.00944. The first-order valence-corrected chi connectivity index (χ1v) is 5.67. The number of aliphatic hydroxyl groups is 2. The molecule has 0 saturated heterocycles. The number of rotatable bonds is 11. The first-order chi connectivity index (χ1) is 9.20. The fraction of sp³-hybridized carbons (Fsp3) is 0.700. The van der Waals surface area contributed by atoms with E-state index in [1.54, 1.807) is 0 Å². The Morgan fingerprint density at radius 3 is 1.45 bits per heavy atom. The average Bonchev–Trinajstić information content (AvgIpc) is 2.22. The van der Waals surface area contributed by atoms with Crippen LogP contribution in [0.4, 0.5) is 0 Å². The molecule has 0 amide bonds. The molecule has 0 spiro atoms. The summed E-state index contributed by atoms with van der Waals surface area (Å²) in [6, 6.07) is 0. The van der Waals surface area contributed by atoms with E-state index < -0.39 is 43.8 Å². The summed E-state index contributed by atoms with van der Waals surface area (Å²) >= 11 is 0. The van der Waals surface area contributed by atoms with E-state index in [2.05, 4.69) is 0 Å². The summed E-state index contributed by atoms with van der Waals surface area (Å²) in [6.07, 6.45) is -1.73. The van der Waals surface area contributed by atoms with Gasteiger partial charge in [-0.05, 0) is 0 Å². The van der Waals surface area contributed by atoms with Crippen molar-refractivity contribution < 1.29 is 39.9 Å². The highest BCUT2D eigenvalue weighted by Gasteiger charge is 2.17. The van der Waals surface area contributed by atoms with Crippen LogP contribution in [0.1, 0.15) is 0 Å². The predicted octanol–water partition coefficient (Wildman–Crippen LogP) is -2.85. The number of aliphatic hydroxyl groups excluding tert-OH is 1. The van der Waals surface area contributed by atoms with Crippen LogP contribution >= 0.6 is 0 Å². The minimum atomic E-state index is -1.73. The standard InChI is InChI=1S/C10H18N2O8/c13-7(14)3-11(4-8(15)16)1-2-12(5-9(17)18)6-10(19)20/h7,13-14H,1-6H2,(H,15,16)(H,17,18)(H,19,20). The minimum Gasteiger partial charge on any atom is -0.480 e. The van der Waals surface area contributed by atoms with Gasteiger partial charge in [-0.15, -0.1) is 0 Å². The maximum Gasteiger partial charge on any atom is 0.317 e. The number of nitrogens with zero attached hydrogens (tertiary/aromatic N) is 2. The van der Waals surface area contributed by atoms with Crippen LogP contribution in [-0.2, 0) is 14.4 Å². The van der Waals surface area contributed by atoms with Gasteiger partial charge in [-0.1, -0.05) is 0 Å². The number of hydrogen-bond donors (Lipinski definition) is 5. The highest BCUT2D eigenvalue weighted by atomic mass is 16.5. The van der Waals surface area contributed by atoms with Gasteiger partial charge in [0.25, 0.3) is 0 Å². The van der Waals surface area contributed by atoms with Gasteiger partial charge in [0.15, 0.2) is 6.29 Å². The van der Waals surface area contributed by atoms with Crippen LogP contribution in [0.25, 0.3) is 0 Å². The summed E-state index contributed by atoms with van der Waals surface area (Å²) in [6.45, 7) is -1.85. The van der Waals surface area contributed by atoms with Gasteiger partial charge in [0, 0.05) is 19.6 Å². The summed E-state index contributed by atoms with van der Waals surface area (Å²) in [4.78, 5) is 34.0. The zero-order chi connectivity index (χ0) is 15.7. The lowest BCUT2D eigenvalue weighted by Crippen LogP contribution is -2.44. The molecule has 0 unspecified atom stereocenters. The van der Waals surface area contributed by atoms with E-state index in [-0.39, 0.29) is 19.6 Å². The number of carboxylic acid groups (broad SMARTS) is 3. The Bertz CT molecular complexity index is 330. The Balaban J connectivity index is 4.46. The molecule has 0 aliphatic carbocycles. The molecule has 0 radical (unpaired) electrons. The summed E-state index contributed by atoms with van der Waals surface area (Å²) in [5.74, 6) is -3.61. The van der Waals surface area contributed by atoms with Gasteiger partial charge in [0.05, 0.1) is 19.6 Å². The monoisotopic (exact) mass is 294 g/mol. The molecule has 0 aromatic heterocycles. The van der Waals surface area contributed by atoms with Crippen molar-refractivity contribution in [1.29, 1.82) is 0 Å². The topological polar surface area (TPSA) is 159 Å². The maximum atomic E-state index is 10.6. The second-order valence-corrected chi connectivity index (χ2v) is 4.11. The Morgan fingerprint density at radius 2 is 1.10 bits per heavy atom. The molecule has 0 fully saturated rings. The van der Waals surface area contributed by atoms with Gasteiger partial charge in [-0.25, -0.2) is 0 Å².